The molecule has 1 N–H and O–H groups in total. The number of nitrogens with zero attached hydrogens (tertiary/aromatic N) is 4. The first-order chi connectivity index (χ1) is 18.4. The van der Waals surface area contributed by atoms with Crippen molar-refractivity contribution in [1.82, 2.24) is 15.1 Å². The predicted octanol–water partition coefficient (Wildman–Crippen LogP) is 3.27. The summed E-state index contributed by atoms with van der Waals surface area (Å²) in [5.41, 5.74) is 2.90. The molecule has 0 unspecified atom stereocenters. The highest BCUT2D eigenvalue weighted by Crippen LogP contribution is 2.31. The molecule has 4 amide bonds. The highest BCUT2D eigenvalue weighted by molar-refractivity contribution is 6.11. The Morgan fingerprint density at radius 1 is 0.895 bits per heavy atom. The van der Waals surface area contributed by atoms with Crippen molar-refractivity contribution >= 4 is 35.0 Å². The zero-order valence-electron chi connectivity index (χ0n) is 21.4. The Labute approximate surface area is 220 Å². The number of fused-ring (bicyclic) bond motifs is 1. The molecule has 1 aromatic heterocycles. The monoisotopic (exact) mass is 515 g/mol. The summed E-state index contributed by atoms with van der Waals surface area (Å²) < 4.78 is 6.70. The first kappa shape index (κ1) is 25.2. The molecule has 2 aliphatic heterocycles. The second kappa shape index (κ2) is 10.5. The first-order valence-electron chi connectivity index (χ1n) is 12.7. The summed E-state index contributed by atoms with van der Waals surface area (Å²) in [6.07, 6.45) is 2.96. The van der Waals surface area contributed by atoms with Crippen molar-refractivity contribution in [1.29, 1.82) is 0 Å². The molecule has 1 fully saturated rings. The van der Waals surface area contributed by atoms with Crippen LogP contribution in [-0.2, 0) is 16.0 Å². The number of methoxy groups -OCH3 is 1. The Morgan fingerprint density at radius 2 is 1.55 bits per heavy atom. The van der Waals surface area contributed by atoms with Crippen molar-refractivity contribution in [2.45, 2.75) is 39.0 Å². The van der Waals surface area contributed by atoms with Crippen LogP contribution < -0.4 is 19.9 Å². The molecule has 10 nitrogen and oxygen atoms in total. The third kappa shape index (κ3) is 4.65. The molecule has 0 radical (unpaired) electrons. The lowest BCUT2D eigenvalue weighted by Gasteiger charge is -2.29. The maximum Gasteiger partial charge on any atom is 0.278 e. The van der Waals surface area contributed by atoms with Gasteiger partial charge in [-0.1, -0.05) is 6.92 Å². The van der Waals surface area contributed by atoms with E-state index in [0.29, 0.717) is 48.6 Å². The van der Waals surface area contributed by atoms with Crippen LogP contribution in [0.4, 0.5) is 11.4 Å². The van der Waals surface area contributed by atoms with Crippen LogP contribution >= 0.6 is 0 Å². The number of amides is 4. The number of carbonyl (C=O) groups excluding carboxylic acids is 4. The third-order valence-corrected chi connectivity index (χ3v) is 6.92. The second-order valence-corrected chi connectivity index (χ2v) is 9.24. The SMILES string of the molecule is CCC(=O)NC(=O)c1nn(-c2ccc(OC)cc2)c2c1CCN(c1ccc(N3CCCCC3=O)cc1)C2=O. The van der Waals surface area contributed by atoms with Gasteiger partial charge in [0.05, 0.1) is 12.8 Å². The van der Waals surface area contributed by atoms with E-state index in [2.05, 4.69) is 10.4 Å². The lowest BCUT2D eigenvalue weighted by Crippen LogP contribution is -2.39. The van der Waals surface area contributed by atoms with Crippen molar-refractivity contribution in [3.05, 3.63) is 65.5 Å². The molecule has 196 valence electrons. The van der Waals surface area contributed by atoms with Crippen LogP contribution in [0.5, 0.6) is 5.75 Å². The third-order valence-electron chi connectivity index (χ3n) is 6.92. The van der Waals surface area contributed by atoms with Crippen molar-refractivity contribution in [2.24, 2.45) is 0 Å². The largest absolute Gasteiger partial charge is 0.497 e. The molecule has 0 saturated carbocycles. The van der Waals surface area contributed by atoms with Gasteiger partial charge >= 0.3 is 0 Å². The first-order valence-corrected chi connectivity index (χ1v) is 12.7. The quantitative estimate of drug-likeness (QED) is 0.539. The minimum atomic E-state index is -0.628. The van der Waals surface area contributed by atoms with Crippen LogP contribution in [-0.4, -0.2) is 53.6 Å². The van der Waals surface area contributed by atoms with Gasteiger partial charge in [-0.2, -0.15) is 5.10 Å². The van der Waals surface area contributed by atoms with Gasteiger partial charge in [-0.15, -0.1) is 0 Å². The molecule has 1 saturated heterocycles. The molecule has 38 heavy (non-hydrogen) atoms. The van der Waals surface area contributed by atoms with Crippen LogP contribution in [0.3, 0.4) is 0 Å². The van der Waals surface area contributed by atoms with Gasteiger partial charge in [0.2, 0.25) is 11.8 Å². The van der Waals surface area contributed by atoms with Crippen LogP contribution in [0.1, 0.15) is 59.1 Å². The Kier molecular flexibility index (Phi) is 6.95. The molecule has 5 rings (SSSR count). The number of anilines is 2. The van der Waals surface area contributed by atoms with Crippen molar-refractivity contribution < 1.29 is 23.9 Å². The fourth-order valence-corrected chi connectivity index (χ4v) is 4.86. The van der Waals surface area contributed by atoms with E-state index in [-0.39, 0.29) is 29.6 Å². The van der Waals surface area contributed by atoms with Gasteiger partial charge < -0.3 is 14.5 Å². The summed E-state index contributed by atoms with van der Waals surface area (Å²) in [5, 5.41) is 6.83. The molecule has 0 bridgehead atoms. The second-order valence-electron chi connectivity index (χ2n) is 9.24. The molecular formula is C28H29N5O5. The summed E-state index contributed by atoms with van der Waals surface area (Å²) >= 11 is 0. The van der Waals surface area contributed by atoms with E-state index in [0.717, 1.165) is 18.5 Å². The fraction of sp³-hybridized carbons (Fsp3) is 0.321. The minimum absolute atomic E-state index is 0.0598. The normalized spacial score (nSPS) is 15.3. The fourth-order valence-electron chi connectivity index (χ4n) is 4.86. The molecule has 10 heteroatoms. The molecular weight excluding hydrogens is 486 g/mol. The lowest BCUT2D eigenvalue weighted by atomic mass is 10.0. The molecule has 2 aromatic carbocycles. The topological polar surface area (TPSA) is 114 Å². The highest BCUT2D eigenvalue weighted by Gasteiger charge is 2.35. The van der Waals surface area contributed by atoms with Crippen LogP contribution in [0.2, 0.25) is 0 Å². The number of rotatable bonds is 6. The zero-order valence-corrected chi connectivity index (χ0v) is 21.4. The number of carbonyl (C=O) groups is 4. The molecule has 2 aliphatic rings. The summed E-state index contributed by atoms with van der Waals surface area (Å²) in [5.74, 6) is -0.604. The van der Waals surface area contributed by atoms with Crippen LogP contribution in [0.15, 0.2) is 48.5 Å². The van der Waals surface area contributed by atoms with Gasteiger partial charge in [0.1, 0.15) is 11.4 Å². The number of aromatic nitrogens is 2. The van der Waals surface area contributed by atoms with Gasteiger partial charge in [0.15, 0.2) is 5.69 Å². The number of nitrogens with one attached hydrogen (secondary N) is 1. The van der Waals surface area contributed by atoms with E-state index in [1.54, 1.807) is 48.1 Å². The van der Waals surface area contributed by atoms with E-state index in [1.165, 1.54) is 4.68 Å². The standard InChI is InChI=1S/C28H29N5O5/c1-3-23(34)29-27(36)25-22-15-17-32(19-9-7-18(8-10-19)31-16-5-4-6-24(31)35)28(37)26(22)33(30-25)20-11-13-21(38-2)14-12-20/h7-14H,3-6,15-17H2,1-2H3,(H,29,34,36). The highest BCUT2D eigenvalue weighted by atomic mass is 16.5. The van der Waals surface area contributed by atoms with E-state index in [9.17, 15) is 19.2 Å². The number of hydrogen-bond acceptors (Lipinski definition) is 6. The number of benzene rings is 2. The zero-order chi connectivity index (χ0) is 26.8. The van der Waals surface area contributed by atoms with Gasteiger partial charge in [0, 0.05) is 42.9 Å². The number of hydrogen-bond donors (Lipinski definition) is 1. The lowest BCUT2D eigenvalue weighted by molar-refractivity contribution is -0.120. The average Bonchev–Trinajstić information content (AvgIpc) is 3.34. The van der Waals surface area contributed by atoms with Crippen molar-refractivity contribution in [3.8, 4) is 11.4 Å². The molecule has 0 atom stereocenters. The molecule has 0 aliphatic carbocycles. The van der Waals surface area contributed by atoms with Gasteiger partial charge in [-0.25, -0.2) is 4.68 Å². The molecule has 0 spiro atoms. The van der Waals surface area contributed by atoms with E-state index in [4.69, 9.17) is 4.74 Å². The van der Waals surface area contributed by atoms with Gasteiger partial charge in [0.25, 0.3) is 11.8 Å². The Morgan fingerprint density at radius 3 is 2.18 bits per heavy atom. The average molecular weight is 516 g/mol. The molecule has 3 aromatic rings. The number of ether oxygens (including phenoxy) is 1. The number of piperidine rings is 1. The Bertz CT molecular complexity index is 1390. The summed E-state index contributed by atoms with van der Waals surface area (Å²) in [6, 6.07) is 14.4. The summed E-state index contributed by atoms with van der Waals surface area (Å²) in [7, 11) is 1.56. The van der Waals surface area contributed by atoms with Gasteiger partial charge in [-0.3, -0.25) is 24.5 Å². The Hall–Kier alpha value is -4.47. The summed E-state index contributed by atoms with van der Waals surface area (Å²) in [6.45, 7) is 2.68. The smallest absolute Gasteiger partial charge is 0.278 e. The summed E-state index contributed by atoms with van der Waals surface area (Å²) in [4.78, 5) is 54.4. The van der Waals surface area contributed by atoms with Gasteiger partial charge in [-0.05, 0) is 67.8 Å². The van der Waals surface area contributed by atoms with E-state index >= 15 is 0 Å². The van der Waals surface area contributed by atoms with Crippen LogP contribution in [0, 0.1) is 0 Å². The van der Waals surface area contributed by atoms with E-state index in [1.807, 2.05) is 24.3 Å². The maximum atomic E-state index is 13.9. The van der Waals surface area contributed by atoms with Crippen molar-refractivity contribution in [2.75, 3.05) is 30.0 Å². The van der Waals surface area contributed by atoms with E-state index < -0.39 is 11.8 Å². The Balaban J connectivity index is 1.50. The van der Waals surface area contributed by atoms with Crippen molar-refractivity contribution in [3.63, 3.8) is 0 Å². The maximum absolute atomic E-state index is 13.9. The molecule has 3 heterocycles. The predicted molar refractivity (Wildman–Crippen MR) is 141 cm³/mol. The minimum Gasteiger partial charge on any atom is -0.497 e. The van der Waals surface area contributed by atoms with Crippen LogP contribution in [0.25, 0.3) is 5.69 Å². The number of imide groups is 1.